The lowest BCUT2D eigenvalue weighted by Crippen LogP contribution is -2.48. The van der Waals surface area contributed by atoms with Gasteiger partial charge in [-0.2, -0.15) is 0 Å². The normalized spacial score (nSPS) is 25.4. The van der Waals surface area contributed by atoms with Crippen molar-refractivity contribution < 1.29 is 4.39 Å². The van der Waals surface area contributed by atoms with Crippen LogP contribution in [-0.2, 0) is 0 Å². The lowest BCUT2D eigenvalue weighted by molar-refractivity contribution is 0.254. The highest BCUT2D eigenvalue weighted by Gasteiger charge is 2.38. The molecule has 174 valence electrons. The van der Waals surface area contributed by atoms with E-state index in [2.05, 4.69) is 37.2 Å². The van der Waals surface area contributed by atoms with Gasteiger partial charge in [0.15, 0.2) is 5.96 Å². The maximum atomic E-state index is 14.0. The van der Waals surface area contributed by atoms with Crippen LogP contribution in [0.25, 0.3) is 0 Å². The number of guanidine groups is 1. The highest BCUT2D eigenvalue weighted by atomic mass is 127. The second-order valence-electron chi connectivity index (χ2n) is 8.99. The number of halogens is 2. The number of para-hydroxylation sites is 1. The molecule has 2 atom stereocenters. The zero-order valence-corrected chi connectivity index (χ0v) is 21.2. The molecule has 0 amide bonds. The highest BCUT2D eigenvalue weighted by Crippen LogP contribution is 2.33. The van der Waals surface area contributed by atoms with Gasteiger partial charge in [-0.25, -0.2) is 4.39 Å². The molecule has 4 rings (SSSR count). The Morgan fingerprint density at radius 1 is 1.16 bits per heavy atom. The average molecular weight is 545 g/mol. The van der Waals surface area contributed by atoms with Crippen molar-refractivity contribution in [2.45, 2.75) is 50.7 Å². The first-order valence-electron chi connectivity index (χ1n) is 11.6. The van der Waals surface area contributed by atoms with Crippen molar-refractivity contribution in [3.05, 3.63) is 30.1 Å². The number of likely N-dealkylation sites (tertiary alicyclic amines) is 1. The highest BCUT2D eigenvalue weighted by molar-refractivity contribution is 14.0. The van der Waals surface area contributed by atoms with E-state index in [9.17, 15) is 4.39 Å². The van der Waals surface area contributed by atoms with E-state index >= 15 is 0 Å². The fourth-order valence-electron chi connectivity index (χ4n) is 4.89. The van der Waals surface area contributed by atoms with Crippen LogP contribution >= 0.6 is 24.0 Å². The molecular weight excluding hydrogens is 506 g/mol. The standard InChI is InChI=1S/C23H37FN6.HI/c1-18-16-19(17-30(18)20-8-9-20)27-23(25-2)26-10-5-11-28-12-14-29(15-13-28)22-7-4-3-6-21(22)24;/h3-4,6-7,18-20H,5,8-17H2,1-2H3,(H2,25,26,27);1H. The largest absolute Gasteiger partial charge is 0.367 e. The van der Waals surface area contributed by atoms with Gasteiger partial charge in [0.05, 0.1) is 5.69 Å². The molecule has 0 aromatic heterocycles. The third-order valence-corrected chi connectivity index (χ3v) is 6.71. The van der Waals surface area contributed by atoms with Crippen LogP contribution in [0.15, 0.2) is 29.3 Å². The molecular formula is C23H38FIN6. The summed E-state index contributed by atoms with van der Waals surface area (Å²) in [5, 5.41) is 7.10. The third-order valence-electron chi connectivity index (χ3n) is 6.71. The van der Waals surface area contributed by atoms with Crippen LogP contribution in [-0.4, -0.2) is 86.7 Å². The van der Waals surface area contributed by atoms with Gasteiger partial charge in [0.1, 0.15) is 5.82 Å². The topological polar surface area (TPSA) is 46.1 Å². The predicted octanol–water partition coefficient (Wildman–Crippen LogP) is 2.75. The summed E-state index contributed by atoms with van der Waals surface area (Å²) in [5.74, 6) is 0.806. The van der Waals surface area contributed by atoms with Gasteiger partial charge >= 0.3 is 0 Å². The van der Waals surface area contributed by atoms with Gasteiger partial charge < -0.3 is 15.5 Å². The number of aliphatic imine (C=N–C) groups is 1. The van der Waals surface area contributed by atoms with E-state index in [0.717, 1.165) is 69.9 Å². The first-order chi connectivity index (χ1) is 14.6. The van der Waals surface area contributed by atoms with Crippen molar-refractivity contribution in [3.8, 4) is 0 Å². The molecule has 2 N–H and O–H groups in total. The molecule has 2 aliphatic heterocycles. The van der Waals surface area contributed by atoms with Gasteiger partial charge in [0.25, 0.3) is 0 Å². The molecule has 3 aliphatic rings. The van der Waals surface area contributed by atoms with Crippen molar-refractivity contribution in [3.63, 3.8) is 0 Å². The molecule has 0 radical (unpaired) electrons. The smallest absolute Gasteiger partial charge is 0.191 e. The Hall–Kier alpha value is -1.13. The minimum Gasteiger partial charge on any atom is -0.367 e. The van der Waals surface area contributed by atoms with Gasteiger partial charge in [-0.3, -0.25) is 14.8 Å². The number of rotatable bonds is 7. The van der Waals surface area contributed by atoms with Crippen LogP contribution in [0.3, 0.4) is 0 Å². The first kappa shape index (κ1) is 24.5. The predicted molar refractivity (Wildman–Crippen MR) is 137 cm³/mol. The lowest BCUT2D eigenvalue weighted by Gasteiger charge is -2.36. The average Bonchev–Trinajstić information content (AvgIpc) is 3.54. The molecule has 2 unspecified atom stereocenters. The molecule has 1 aliphatic carbocycles. The summed E-state index contributed by atoms with van der Waals surface area (Å²) in [6.45, 7) is 9.20. The fraction of sp³-hybridized carbons (Fsp3) is 0.696. The van der Waals surface area contributed by atoms with Crippen molar-refractivity contribution in [2.75, 3.05) is 57.8 Å². The Morgan fingerprint density at radius 2 is 1.90 bits per heavy atom. The van der Waals surface area contributed by atoms with Crippen LogP contribution in [0.4, 0.5) is 10.1 Å². The molecule has 3 fully saturated rings. The van der Waals surface area contributed by atoms with Crippen molar-refractivity contribution in [1.29, 1.82) is 0 Å². The van der Waals surface area contributed by atoms with Crippen LogP contribution in [0.2, 0.25) is 0 Å². The SMILES string of the molecule is CN=C(NCCCN1CCN(c2ccccc2F)CC1)NC1CC(C)N(C2CC2)C1.I. The summed E-state index contributed by atoms with van der Waals surface area (Å²) in [5.41, 5.74) is 0.732. The van der Waals surface area contributed by atoms with Crippen LogP contribution in [0, 0.1) is 5.82 Å². The molecule has 8 heteroatoms. The molecule has 6 nitrogen and oxygen atoms in total. The van der Waals surface area contributed by atoms with E-state index in [0.29, 0.717) is 12.1 Å². The summed E-state index contributed by atoms with van der Waals surface area (Å²) < 4.78 is 14.0. The Labute approximate surface area is 203 Å². The lowest BCUT2D eigenvalue weighted by atomic mass is 10.2. The fourth-order valence-corrected chi connectivity index (χ4v) is 4.89. The Kier molecular flexibility index (Phi) is 9.21. The molecule has 2 heterocycles. The van der Waals surface area contributed by atoms with E-state index < -0.39 is 0 Å². The number of hydrogen-bond donors (Lipinski definition) is 2. The van der Waals surface area contributed by atoms with Crippen LogP contribution in [0.1, 0.15) is 32.6 Å². The summed E-state index contributed by atoms with van der Waals surface area (Å²) in [6.07, 6.45) is 5.02. The molecule has 0 spiro atoms. The summed E-state index contributed by atoms with van der Waals surface area (Å²) in [6, 6.07) is 9.09. The number of anilines is 1. The molecule has 31 heavy (non-hydrogen) atoms. The molecule has 2 saturated heterocycles. The van der Waals surface area contributed by atoms with E-state index in [4.69, 9.17) is 0 Å². The molecule has 0 bridgehead atoms. The Balaban J connectivity index is 0.00000272. The van der Waals surface area contributed by atoms with Gasteiger partial charge in [0.2, 0.25) is 0 Å². The van der Waals surface area contributed by atoms with E-state index in [1.807, 2.05) is 19.2 Å². The number of nitrogens with one attached hydrogen (secondary N) is 2. The molecule has 1 aromatic rings. The van der Waals surface area contributed by atoms with Crippen LogP contribution in [0.5, 0.6) is 0 Å². The zero-order valence-electron chi connectivity index (χ0n) is 18.9. The van der Waals surface area contributed by atoms with Gasteiger partial charge in [-0.05, 0) is 51.3 Å². The van der Waals surface area contributed by atoms with Crippen molar-refractivity contribution >= 4 is 35.6 Å². The van der Waals surface area contributed by atoms with Gasteiger partial charge in [-0.15, -0.1) is 24.0 Å². The second-order valence-corrected chi connectivity index (χ2v) is 8.99. The minimum atomic E-state index is -0.119. The van der Waals surface area contributed by atoms with E-state index in [-0.39, 0.29) is 29.8 Å². The number of nitrogens with zero attached hydrogens (tertiary/aromatic N) is 4. The number of benzene rings is 1. The molecule has 1 aromatic carbocycles. The summed E-state index contributed by atoms with van der Waals surface area (Å²) in [7, 11) is 1.86. The maximum Gasteiger partial charge on any atom is 0.191 e. The second kappa shape index (κ2) is 11.7. The summed E-state index contributed by atoms with van der Waals surface area (Å²) >= 11 is 0. The summed E-state index contributed by atoms with van der Waals surface area (Å²) in [4.78, 5) is 11.7. The third kappa shape index (κ3) is 6.68. The van der Waals surface area contributed by atoms with Crippen LogP contribution < -0.4 is 15.5 Å². The van der Waals surface area contributed by atoms with Gasteiger partial charge in [0, 0.05) is 64.4 Å². The number of piperazine rings is 1. The van der Waals surface area contributed by atoms with Gasteiger partial charge in [-0.1, -0.05) is 12.1 Å². The van der Waals surface area contributed by atoms with E-state index in [1.165, 1.54) is 19.3 Å². The monoisotopic (exact) mass is 544 g/mol. The maximum absolute atomic E-state index is 14.0. The quantitative estimate of drug-likeness (QED) is 0.239. The van der Waals surface area contributed by atoms with Crippen molar-refractivity contribution in [1.82, 2.24) is 20.4 Å². The Morgan fingerprint density at radius 3 is 2.58 bits per heavy atom. The Bertz CT molecular complexity index is 720. The first-order valence-corrected chi connectivity index (χ1v) is 11.6. The van der Waals surface area contributed by atoms with E-state index in [1.54, 1.807) is 12.1 Å². The minimum absolute atomic E-state index is 0. The zero-order chi connectivity index (χ0) is 20.9. The number of hydrogen-bond acceptors (Lipinski definition) is 4. The van der Waals surface area contributed by atoms with Crippen molar-refractivity contribution in [2.24, 2.45) is 4.99 Å². The molecule has 1 saturated carbocycles.